The first kappa shape index (κ1) is 28.7. The lowest BCUT2D eigenvalue weighted by Crippen LogP contribution is -2.48. The highest BCUT2D eigenvalue weighted by molar-refractivity contribution is 5.89. The molecule has 226 valence electrons. The molecule has 6 rings (SSSR count). The summed E-state index contributed by atoms with van der Waals surface area (Å²) in [5.41, 5.74) is 3.07. The van der Waals surface area contributed by atoms with Gasteiger partial charge in [-0.25, -0.2) is 14.4 Å². The molecule has 10 nitrogen and oxygen atoms in total. The Kier molecular flexibility index (Phi) is 8.07. The molecule has 0 bridgehead atoms. The summed E-state index contributed by atoms with van der Waals surface area (Å²) in [6, 6.07) is 9.36. The Morgan fingerprint density at radius 1 is 1.16 bits per heavy atom. The third-order valence-electron chi connectivity index (χ3n) is 8.45. The lowest BCUT2D eigenvalue weighted by Gasteiger charge is -2.40. The minimum atomic E-state index is -0.609. The van der Waals surface area contributed by atoms with Crippen molar-refractivity contribution in [2.45, 2.75) is 44.9 Å². The van der Waals surface area contributed by atoms with Crippen LogP contribution in [-0.4, -0.2) is 66.4 Å². The Labute approximate surface area is 250 Å². The fraction of sp³-hybridized carbons (Fsp3) is 0.406. The number of hydrogen-bond donors (Lipinski definition) is 1. The topological polar surface area (TPSA) is 94.0 Å². The molecule has 2 unspecified atom stereocenters. The van der Waals surface area contributed by atoms with E-state index in [1.54, 1.807) is 13.3 Å². The molecule has 2 aliphatic heterocycles. The van der Waals surface area contributed by atoms with Crippen LogP contribution >= 0.6 is 0 Å². The summed E-state index contributed by atoms with van der Waals surface area (Å²) in [7, 11) is 4.86. The SMILES string of the molecule is CNc1ccc(N2CCCC(N(Cc3ccnc(OC)c3)Cc3cn4c5c(c(OC)c(F)cc5c3=O)OCC4C)C2)cn1. The number of nitrogens with one attached hydrogen (secondary N) is 1. The second-order valence-electron chi connectivity index (χ2n) is 11.2. The zero-order chi connectivity index (χ0) is 30.1. The smallest absolute Gasteiger partial charge is 0.213 e. The lowest BCUT2D eigenvalue weighted by molar-refractivity contribution is 0.157. The average Bonchev–Trinajstić information content (AvgIpc) is 3.04. The van der Waals surface area contributed by atoms with Crippen molar-refractivity contribution >= 4 is 22.4 Å². The van der Waals surface area contributed by atoms with Crippen LogP contribution in [0.1, 0.15) is 36.9 Å². The predicted molar refractivity (Wildman–Crippen MR) is 164 cm³/mol. The number of piperidine rings is 1. The summed E-state index contributed by atoms with van der Waals surface area (Å²) < 4.78 is 33.7. The van der Waals surface area contributed by atoms with E-state index in [2.05, 4.69) is 31.2 Å². The van der Waals surface area contributed by atoms with Crippen LogP contribution in [0, 0.1) is 5.82 Å². The fourth-order valence-electron chi connectivity index (χ4n) is 6.20. The number of anilines is 2. The number of pyridine rings is 3. The second-order valence-corrected chi connectivity index (χ2v) is 11.2. The normalized spacial score (nSPS) is 18.0. The van der Waals surface area contributed by atoms with Gasteiger partial charge in [0.1, 0.15) is 12.4 Å². The standard InChI is InChI=1S/C32H37FN6O4/c1-20-19-43-32-29-25(13-26(33)31(32)42-4)30(40)22(17-39(20)29)16-38(15-21-9-10-35-28(12-21)41-3)24-6-5-11-37(18-24)23-7-8-27(34-2)36-14-23/h7-10,12-14,17,20,24H,5-6,11,15-16,18-19H2,1-4H3,(H,34,36). The molecule has 43 heavy (non-hydrogen) atoms. The monoisotopic (exact) mass is 588 g/mol. The van der Waals surface area contributed by atoms with E-state index in [0.29, 0.717) is 42.0 Å². The lowest BCUT2D eigenvalue weighted by atomic mass is 10.0. The molecule has 0 amide bonds. The molecule has 1 aromatic carbocycles. The van der Waals surface area contributed by atoms with E-state index in [9.17, 15) is 4.79 Å². The molecule has 2 aliphatic rings. The van der Waals surface area contributed by atoms with Crippen molar-refractivity contribution in [1.82, 2.24) is 19.4 Å². The van der Waals surface area contributed by atoms with Crippen LogP contribution in [0.25, 0.3) is 10.9 Å². The molecular weight excluding hydrogens is 551 g/mol. The molecule has 3 aromatic heterocycles. The number of benzene rings is 1. The summed E-state index contributed by atoms with van der Waals surface area (Å²) in [5, 5.41) is 3.37. The highest BCUT2D eigenvalue weighted by Gasteiger charge is 2.30. The van der Waals surface area contributed by atoms with E-state index < -0.39 is 5.82 Å². The Morgan fingerprint density at radius 2 is 2.02 bits per heavy atom. The summed E-state index contributed by atoms with van der Waals surface area (Å²) >= 11 is 0. The number of ether oxygens (including phenoxy) is 3. The van der Waals surface area contributed by atoms with Gasteiger partial charge in [-0.2, -0.15) is 0 Å². The summed E-state index contributed by atoms with van der Waals surface area (Å²) in [6.45, 7) is 5.07. The van der Waals surface area contributed by atoms with E-state index in [1.165, 1.54) is 13.2 Å². The minimum Gasteiger partial charge on any atom is -0.490 e. The summed E-state index contributed by atoms with van der Waals surface area (Å²) in [5.74, 6) is 1.05. The van der Waals surface area contributed by atoms with Gasteiger partial charge in [-0.05, 0) is 49.6 Å². The zero-order valence-corrected chi connectivity index (χ0v) is 25.0. The number of halogens is 1. The van der Waals surface area contributed by atoms with Gasteiger partial charge in [-0.3, -0.25) is 9.69 Å². The van der Waals surface area contributed by atoms with Gasteiger partial charge in [0.05, 0.1) is 43.0 Å². The van der Waals surface area contributed by atoms with Crippen molar-refractivity contribution in [2.24, 2.45) is 0 Å². The molecule has 0 spiro atoms. The third kappa shape index (κ3) is 5.56. The van der Waals surface area contributed by atoms with E-state index in [4.69, 9.17) is 14.2 Å². The molecule has 0 radical (unpaired) electrons. The molecule has 2 atom stereocenters. The molecule has 1 saturated heterocycles. The molecule has 4 aromatic rings. The number of rotatable bonds is 9. The number of nitrogens with zero attached hydrogens (tertiary/aromatic N) is 5. The van der Waals surface area contributed by atoms with Crippen molar-refractivity contribution in [2.75, 3.05) is 51.2 Å². The molecule has 1 N–H and O–H groups in total. The Hall–Kier alpha value is -4.38. The Bertz CT molecular complexity index is 1680. The molecular formula is C32H37FN6O4. The predicted octanol–water partition coefficient (Wildman–Crippen LogP) is 4.61. The van der Waals surface area contributed by atoms with Crippen molar-refractivity contribution in [3.8, 4) is 17.4 Å². The van der Waals surface area contributed by atoms with Crippen LogP contribution in [-0.2, 0) is 13.1 Å². The van der Waals surface area contributed by atoms with Gasteiger partial charge in [-0.15, -0.1) is 0 Å². The van der Waals surface area contributed by atoms with Crippen molar-refractivity contribution in [3.05, 3.63) is 76.1 Å². The van der Waals surface area contributed by atoms with E-state index in [-0.39, 0.29) is 29.0 Å². The van der Waals surface area contributed by atoms with Crippen LogP contribution in [0.3, 0.4) is 0 Å². The van der Waals surface area contributed by atoms with Gasteiger partial charge < -0.3 is 29.0 Å². The maximum atomic E-state index is 15.1. The second kappa shape index (κ2) is 12.1. The van der Waals surface area contributed by atoms with Crippen molar-refractivity contribution < 1.29 is 18.6 Å². The molecule has 0 saturated carbocycles. The Morgan fingerprint density at radius 3 is 2.77 bits per heavy atom. The maximum Gasteiger partial charge on any atom is 0.213 e. The number of aromatic nitrogens is 3. The highest BCUT2D eigenvalue weighted by atomic mass is 19.1. The van der Waals surface area contributed by atoms with Crippen LogP contribution in [0.5, 0.6) is 17.4 Å². The highest BCUT2D eigenvalue weighted by Crippen LogP contribution is 2.41. The molecule has 11 heteroatoms. The van der Waals surface area contributed by atoms with Gasteiger partial charge in [-0.1, -0.05) is 0 Å². The van der Waals surface area contributed by atoms with E-state index in [0.717, 1.165) is 43.0 Å². The third-order valence-corrected chi connectivity index (χ3v) is 8.45. The van der Waals surface area contributed by atoms with Gasteiger partial charge in [0.2, 0.25) is 5.88 Å². The van der Waals surface area contributed by atoms with Gasteiger partial charge >= 0.3 is 0 Å². The largest absolute Gasteiger partial charge is 0.490 e. The van der Waals surface area contributed by atoms with Gasteiger partial charge in [0, 0.05) is 63.3 Å². The van der Waals surface area contributed by atoms with E-state index in [1.807, 2.05) is 49.1 Å². The quantitative estimate of drug-likeness (QED) is 0.301. The van der Waals surface area contributed by atoms with E-state index >= 15 is 4.39 Å². The van der Waals surface area contributed by atoms with Crippen LogP contribution in [0.15, 0.2) is 53.7 Å². The minimum absolute atomic E-state index is 0.0214. The first-order chi connectivity index (χ1) is 20.9. The van der Waals surface area contributed by atoms with Crippen molar-refractivity contribution in [3.63, 3.8) is 0 Å². The molecule has 1 fully saturated rings. The molecule has 0 aliphatic carbocycles. The zero-order valence-electron chi connectivity index (χ0n) is 25.0. The first-order valence-electron chi connectivity index (χ1n) is 14.6. The fourth-order valence-corrected chi connectivity index (χ4v) is 6.20. The van der Waals surface area contributed by atoms with Gasteiger partial charge in [0.15, 0.2) is 22.7 Å². The Balaban J connectivity index is 1.39. The first-order valence-corrected chi connectivity index (χ1v) is 14.6. The molecule has 5 heterocycles. The number of methoxy groups -OCH3 is 2. The van der Waals surface area contributed by atoms with Crippen molar-refractivity contribution in [1.29, 1.82) is 0 Å². The van der Waals surface area contributed by atoms with Crippen LogP contribution in [0.2, 0.25) is 0 Å². The van der Waals surface area contributed by atoms with Crippen LogP contribution < -0.4 is 29.9 Å². The van der Waals surface area contributed by atoms with Crippen LogP contribution in [0.4, 0.5) is 15.9 Å². The maximum absolute atomic E-state index is 15.1. The van der Waals surface area contributed by atoms with Gasteiger partial charge in [0.25, 0.3) is 0 Å². The average molecular weight is 589 g/mol. The number of hydrogen-bond acceptors (Lipinski definition) is 9. The summed E-state index contributed by atoms with van der Waals surface area (Å²) in [6.07, 6.45) is 7.53. The summed E-state index contributed by atoms with van der Waals surface area (Å²) in [4.78, 5) is 27.5.